The summed E-state index contributed by atoms with van der Waals surface area (Å²) in [6.07, 6.45) is 1.18. The van der Waals surface area contributed by atoms with Gasteiger partial charge in [-0.25, -0.2) is 0 Å². The summed E-state index contributed by atoms with van der Waals surface area (Å²) < 4.78 is 46.6. The Morgan fingerprint density at radius 2 is 2.08 bits per heavy atom. The fourth-order valence-electron chi connectivity index (χ4n) is 4.09. The highest BCUT2D eigenvalue weighted by Crippen LogP contribution is 2.36. The highest BCUT2D eigenvalue weighted by molar-refractivity contribution is 5.77. The summed E-state index contributed by atoms with van der Waals surface area (Å²) in [4.78, 5) is 14.5. The third-order valence-electron chi connectivity index (χ3n) is 5.26. The molecule has 5 nitrogen and oxygen atoms in total. The average molecular weight is 367 g/mol. The van der Waals surface area contributed by atoms with Crippen molar-refractivity contribution in [3.63, 3.8) is 0 Å². The van der Waals surface area contributed by atoms with E-state index in [-0.39, 0.29) is 24.1 Å². The van der Waals surface area contributed by atoms with E-state index in [9.17, 15) is 18.0 Å². The molecule has 0 saturated carbocycles. The van der Waals surface area contributed by atoms with E-state index < -0.39 is 11.9 Å². The lowest BCUT2D eigenvalue weighted by atomic mass is 9.95. The predicted octanol–water partition coefficient (Wildman–Crippen LogP) is 3.74. The summed E-state index contributed by atoms with van der Waals surface area (Å²) in [6.45, 7) is 0.426. The Morgan fingerprint density at radius 3 is 2.81 bits per heavy atom. The molecule has 140 valence electrons. The van der Waals surface area contributed by atoms with Crippen molar-refractivity contribution in [2.24, 2.45) is 0 Å². The monoisotopic (exact) mass is 367 g/mol. The van der Waals surface area contributed by atoms with Crippen LogP contribution >= 0.6 is 0 Å². The zero-order valence-corrected chi connectivity index (χ0v) is 14.3. The molecule has 0 N–H and O–H groups in total. The second kappa shape index (κ2) is 6.48. The van der Waals surface area contributed by atoms with E-state index in [1.165, 1.54) is 4.68 Å². The largest absolute Gasteiger partial charge is 0.467 e. The van der Waals surface area contributed by atoms with Gasteiger partial charge in [-0.2, -0.15) is 18.3 Å². The van der Waals surface area contributed by atoms with Gasteiger partial charge in [0.2, 0.25) is 5.91 Å². The van der Waals surface area contributed by atoms with Crippen LogP contribution in [0.2, 0.25) is 0 Å². The third-order valence-corrected chi connectivity index (χ3v) is 5.26. The Morgan fingerprint density at radius 1 is 1.27 bits per heavy atom. The predicted molar refractivity (Wildman–Crippen MR) is 86.3 cm³/mol. The molecule has 2 aromatic rings. The molecule has 0 radical (unpaired) electrons. The minimum atomic E-state index is -4.49. The standard InChI is InChI=1S/C18H20F3N3O2/c19-18(20,21)17-12-5-1-2-6-13(12)24(22-17)11-16(25)23-9-3-7-14(23)15-8-4-10-26-15/h4,8,10,14H,1-3,5-7,9,11H2/t14-/m1/s1. The highest BCUT2D eigenvalue weighted by Gasteiger charge is 2.40. The van der Waals surface area contributed by atoms with Crippen LogP contribution in [0, 0.1) is 0 Å². The number of nitrogens with zero attached hydrogens (tertiary/aromatic N) is 3. The maximum atomic E-state index is 13.3. The minimum absolute atomic E-state index is 0.147. The lowest BCUT2D eigenvalue weighted by molar-refractivity contribution is -0.142. The first-order valence-electron chi connectivity index (χ1n) is 8.94. The smallest absolute Gasteiger partial charge is 0.435 e. The molecule has 1 aliphatic carbocycles. The lowest BCUT2D eigenvalue weighted by Crippen LogP contribution is -2.34. The van der Waals surface area contributed by atoms with Gasteiger partial charge in [-0.05, 0) is 50.7 Å². The van der Waals surface area contributed by atoms with Gasteiger partial charge < -0.3 is 9.32 Å². The number of carbonyl (C=O) groups is 1. The SMILES string of the molecule is O=C(Cn1nc(C(F)(F)F)c2c1CCCC2)N1CCC[C@@H]1c1ccco1. The van der Waals surface area contributed by atoms with Gasteiger partial charge >= 0.3 is 6.18 Å². The van der Waals surface area contributed by atoms with Crippen LogP contribution in [-0.2, 0) is 30.4 Å². The van der Waals surface area contributed by atoms with Crippen molar-refractivity contribution in [1.82, 2.24) is 14.7 Å². The third kappa shape index (κ3) is 3.01. The fourth-order valence-corrected chi connectivity index (χ4v) is 4.09. The van der Waals surface area contributed by atoms with Crippen LogP contribution in [0.4, 0.5) is 13.2 Å². The zero-order valence-electron chi connectivity index (χ0n) is 14.3. The van der Waals surface area contributed by atoms with Gasteiger partial charge in [0, 0.05) is 17.8 Å². The van der Waals surface area contributed by atoms with E-state index >= 15 is 0 Å². The fraction of sp³-hybridized carbons (Fsp3) is 0.556. The van der Waals surface area contributed by atoms with Gasteiger partial charge in [-0.1, -0.05) is 0 Å². The highest BCUT2D eigenvalue weighted by atomic mass is 19.4. The number of hydrogen-bond donors (Lipinski definition) is 0. The molecule has 0 bridgehead atoms. The molecule has 1 aliphatic heterocycles. The average Bonchev–Trinajstić information content (AvgIpc) is 3.33. The Balaban J connectivity index is 1.59. The van der Waals surface area contributed by atoms with Crippen LogP contribution < -0.4 is 0 Å². The van der Waals surface area contributed by atoms with E-state index in [0.717, 1.165) is 25.7 Å². The molecule has 0 aromatic carbocycles. The number of likely N-dealkylation sites (tertiary alicyclic amines) is 1. The van der Waals surface area contributed by atoms with Crippen molar-refractivity contribution in [1.29, 1.82) is 0 Å². The molecule has 1 amide bonds. The Kier molecular flexibility index (Phi) is 4.28. The van der Waals surface area contributed by atoms with E-state index in [4.69, 9.17) is 4.42 Å². The van der Waals surface area contributed by atoms with E-state index in [2.05, 4.69) is 5.10 Å². The Labute approximate surface area is 148 Å². The Hall–Kier alpha value is -2.25. The van der Waals surface area contributed by atoms with Crippen LogP contribution in [0.25, 0.3) is 0 Å². The van der Waals surface area contributed by atoms with Crippen molar-refractivity contribution in [3.8, 4) is 0 Å². The number of hydrogen-bond acceptors (Lipinski definition) is 3. The zero-order chi connectivity index (χ0) is 18.3. The summed E-state index contributed by atoms with van der Waals surface area (Å²) in [5.41, 5.74) is -0.00441. The van der Waals surface area contributed by atoms with Crippen LogP contribution in [0.15, 0.2) is 22.8 Å². The van der Waals surface area contributed by atoms with Crippen LogP contribution in [0.1, 0.15) is 54.4 Å². The van der Waals surface area contributed by atoms with Gasteiger partial charge in [-0.3, -0.25) is 9.48 Å². The molecule has 0 unspecified atom stereocenters. The van der Waals surface area contributed by atoms with Crippen molar-refractivity contribution in [2.45, 2.75) is 57.3 Å². The van der Waals surface area contributed by atoms with Gasteiger partial charge in [0.1, 0.15) is 12.3 Å². The van der Waals surface area contributed by atoms with Crippen molar-refractivity contribution >= 4 is 5.91 Å². The molecule has 2 aliphatic rings. The van der Waals surface area contributed by atoms with E-state index in [1.807, 2.05) is 6.07 Å². The molecule has 0 spiro atoms. The molecule has 1 fully saturated rings. The number of aromatic nitrogens is 2. The quantitative estimate of drug-likeness (QED) is 0.831. The van der Waals surface area contributed by atoms with Gasteiger partial charge in [0.15, 0.2) is 5.69 Å². The number of furan rings is 1. The van der Waals surface area contributed by atoms with Gasteiger partial charge in [0.25, 0.3) is 0 Å². The number of alkyl halides is 3. The molecule has 3 heterocycles. The summed E-state index contributed by atoms with van der Waals surface area (Å²) in [5.74, 6) is 0.503. The first-order chi connectivity index (χ1) is 12.4. The molecule has 26 heavy (non-hydrogen) atoms. The Bertz CT molecular complexity index is 795. The van der Waals surface area contributed by atoms with Crippen LogP contribution in [0.3, 0.4) is 0 Å². The number of fused-ring (bicyclic) bond motifs is 1. The first-order valence-corrected chi connectivity index (χ1v) is 8.94. The number of carbonyl (C=O) groups excluding carboxylic acids is 1. The summed E-state index contributed by atoms with van der Waals surface area (Å²) in [6, 6.07) is 3.45. The van der Waals surface area contributed by atoms with E-state index in [1.54, 1.807) is 17.2 Å². The lowest BCUT2D eigenvalue weighted by Gasteiger charge is -2.24. The first kappa shape index (κ1) is 17.2. The van der Waals surface area contributed by atoms with Gasteiger partial charge in [-0.15, -0.1) is 0 Å². The molecular weight excluding hydrogens is 347 g/mol. The topological polar surface area (TPSA) is 51.3 Å². The van der Waals surface area contributed by atoms with Crippen molar-refractivity contribution in [2.75, 3.05) is 6.54 Å². The second-order valence-corrected chi connectivity index (χ2v) is 6.90. The number of halogens is 3. The van der Waals surface area contributed by atoms with Crippen molar-refractivity contribution < 1.29 is 22.4 Å². The molecule has 4 rings (SSSR count). The molecule has 2 aromatic heterocycles. The second-order valence-electron chi connectivity index (χ2n) is 6.90. The number of rotatable bonds is 3. The summed E-state index contributed by atoms with van der Waals surface area (Å²) in [5, 5.41) is 3.78. The summed E-state index contributed by atoms with van der Waals surface area (Å²) in [7, 11) is 0. The van der Waals surface area contributed by atoms with E-state index in [0.29, 0.717) is 30.8 Å². The van der Waals surface area contributed by atoms with Crippen LogP contribution in [0.5, 0.6) is 0 Å². The van der Waals surface area contributed by atoms with Crippen molar-refractivity contribution in [3.05, 3.63) is 41.1 Å². The molecule has 1 atom stereocenters. The molecule has 8 heteroatoms. The molecule has 1 saturated heterocycles. The minimum Gasteiger partial charge on any atom is -0.467 e. The maximum Gasteiger partial charge on any atom is 0.435 e. The van der Waals surface area contributed by atoms with Crippen LogP contribution in [-0.4, -0.2) is 27.1 Å². The number of amides is 1. The summed E-state index contributed by atoms with van der Waals surface area (Å²) >= 11 is 0. The normalized spacial score (nSPS) is 20.4. The maximum absolute atomic E-state index is 13.3. The molecular formula is C18H20F3N3O2. The van der Waals surface area contributed by atoms with Gasteiger partial charge in [0.05, 0.1) is 12.3 Å².